The third kappa shape index (κ3) is 3.05. The van der Waals surface area contributed by atoms with Gasteiger partial charge in [-0.1, -0.05) is 6.42 Å². The second-order valence-electron chi connectivity index (χ2n) is 5.93. The predicted octanol–water partition coefficient (Wildman–Crippen LogP) is 1.52. The molecule has 2 fully saturated rings. The van der Waals surface area contributed by atoms with Crippen LogP contribution in [0.15, 0.2) is 16.8 Å². The number of piperazine rings is 1. The van der Waals surface area contributed by atoms with E-state index in [1.54, 1.807) is 11.3 Å². The highest BCUT2D eigenvalue weighted by Gasteiger charge is 2.34. The quantitative estimate of drug-likeness (QED) is 0.919. The third-order valence-corrected chi connectivity index (χ3v) is 5.29. The Morgan fingerprint density at radius 1 is 1.30 bits per heavy atom. The van der Waals surface area contributed by atoms with Gasteiger partial charge in [0.25, 0.3) is 0 Å². The molecule has 2 unspecified atom stereocenters. The molecule has 1 saturated heterocycles. The van der Waals surface area contributed by atoms with Gasteiger partial charge in [0.1, 0.15) is 0 Å². The maximum Gasteiger partial charge on any atom is 0.227 e. The van der Waals surface area contributed by atoms with Crippen molar-refractivity contribution in [3.05, 3.63) is 22.4 Å². The van der Waals surface area contributed by atoms with Gasteiger partial charge >= 0.3 is 0 Å². The fraction of sp³-hybridized carbons (Fsp3) is 0.667. The molecule has 1 aliphatic carbocycles. The standard InChI is InChI=1S/C15H23N3OS/c16-14-3-1-2-13(14)15(19)18-7-5-17(6-8-18)10-12-4-9-20-11-12/h4,9,11,13-14H,1-3,5-8,10,16H2. The lowest BCUT2D eigenvalue weighted by Gasteiger charge is -2.36. The summed E-state index contributed by atoms with van der Waals surface area (Å²) in [4.78, 5) is 16.9. The second-order valence-corrected chi connectivity index (χ2v) is 6.71. The highest BCUT2D eigenvalue weighted by Crippen LogP contribution is 2.26. The van der Waals surface area contributed by atoms with Crippen LogP contribution in [0.4, 0.5) is 0 Å². The average Bonchev–Trinajstić information content (AvgIpc) is 3.10. The van der Waals surface area contributed by atoms with E-state index in [-0.39, 0.29) is 12.0 Å². The van der Waals surface area contributed by atoms with E-state index in [2.05, 4.69) is 21.7 Å². The minimum Gasteiger partial charge on any atom is -0.340 e. The number of nitrogens with two attached hydrogens (primary N) is 1. The zero-order valence-corrected chi connectivity index (χ0v) is 12.6. The normalized spacial score (nSPS) is 27.9. The zero-order valence-electron chi connectivity index (χ0n) is 11.8. The summed E-state index contributed by atoms with van der Waals surface area (Å²) in [6, 6.07) is 2.27. The van der Waals surface area contributed by atoms with E-state index in [1.807, 2.05) is 4.90 Å². The number of amides is 1. The zero-order chi connectivity index (χ0) is 13.9. The van der Waals surface area contributed by atoms with Crippen LogP contribution in [0.3, 0.4) is 0 Å². The lowest BCUT2D eigenvalue weighted by molar-refractivity contribution is -0.137. The number of carbonyl (C=O) groups is 1. The van der Waals surface area contributed by atoms with E-state index in [1.165, 1.54) is 5.56 Å². The van der Waals surface area contributed by atoms with Gasteiger partial charge in [0.05, 0.1) is 5.92 Å². The van der Waals surface area contributed by atoms with Crippen molar-refractivity contribution in [2.45, 2.75) is 31.8 Å². The molecule has 1 aromatic rings. The molecule has 0 bridgehead atoms. The number of rotatable bonds is 3. The highest BCUT2D eigenvalue weighted by molar-refractivity contribution is 7.07. The SMILES string of the molecule is NC1CCCC1C(=O)N1CCN(Cc2ccsc2)CC1. The molecule has 2 N–H and O–H groups in total. The van der Waals surface area contributed by atoms with Gasteiger partial charge in [0, 0.05) is 38.8 Å². The Kier molecular flexibility index (Phi) is 4.38. The Balaban J connectivity index is 1.49. The lowest BCUT2D eigenvalue weighted by Crippen LogP contribution is -2.51. The van der Waals surface area contributed by atoms with Crippen LogP contribution in [-0.2, 0) is 11.3 Å². The summed E-state index contributed by atoms with van der Waals surface area (Å²) in [5, 5.41) is 4.33. The first-order valence-corrected chi connectivity index (χ1v) is 8.46. The third-order valence-electron chi connectivity index (χ3n) is 4.56. The summed E-state index contributed by atoms with van der Waals surface area (Å²) in [6.07, 6.45) is 3.10. The average molecular weight is 293 g/mol. The summed E-state index contributed by atoms with van der Waals surface area (Å²) in [7, 11) is 0. The Bertz CT molecular complexity index is 440. The van der Waals surface area contributed by atoms with Crippen LogP contribution in [0.5, 0.6) is 0 Å². The molecular weight excluding hydrogens is 270 g/mol. The van der Waals surface area contributed by atoms with Crippen LogP contribution < -0.4 is 5.73 Å². The first-order chi connectivity index (χ1) is 9.74. The molecule has 1 aromatic heterocycles. The minimum absolute atomic E-state index is 0.0819. The Morgan fingerprint density at radius 2 is 2.10 bits per heavy atom. The van der Waals surface area contributed by atoms with Gasteiger partial charge in [-0.25, -0.2) is 0 Å². The van der Waals surface area contributed by atoms with E-state index >= 15 is 0 Å². The number of nitrogens with zero attached hydrogens (tertiary/aromatic N) is 2. The molecule has 0 aromatic carbocycles. The van der Waals surface area contributed by atoms with E-state index in [0.29, 0.717) is 5.91 Å². The summed E-state index contributed by atoms with van der Waals surface area (Å²) in [6.45, 7) is 4.67. The first-order valence-electron chi connectivity index (χ1n) is 7.52. The van der Waals surface area contributed by atoms with Crippen molar-refractivity contribution in [2.75, 3.05) is 26.2 Å². The molecule has 5 heteroatoms. The predicted molar refractivity (Wildman–Crippen MR) is 81.5 cm³/mol. The fourth-order valence-corrected chi connectivity index (χ4v) is 3.96. The van der Waals surface area contributed by atoms with Crippen molar-refractivity contribution in [1.82, 2.24) is 9.80 Å². The van der Waals surface area contributed by atoms with Crippen molar-refractivity contribution < 1.29 is 4.79 Å². The Morgan fingerprint density at radius 3 is 2.70 bits per heavy atom. The van der Waals surface area contributed by atoms with Crippen LogP contribution >= 0.6 is 11.3 Å². The van der Waals surface area contributed by atoms with Crippen molar-refractivity contribution in [2.24, 2.45) is 11.7 Å². The van der Waals surface area contributed by atoms with Crippen LogP contribution in [0.2, 0.25) is 0 Å². The molecule has 0 radical (unpaired) electrons. The molecule has 2 heterocycles. The maximum absolute atomic E-state index is 12.5. The van der Waals surface area contributed by atoms with Crippen LogP contribution in [0.25, 0.3) is 0 Å². The minimum atomic E-state index is 0.0819. The summed E-state index contributed by atoms with van der Waals surface area (Å²) in [5.41, 5.74) is 7.43. The molecular formula is C15H23N3OS. The van der Waals surface area contributed by atoms with Crippen LogP contribution in [0, 0.1) is 5.92 Å². The lowest BCUT2D eigenvalue weighted by atomic mass is 10.0. The topological polar surface area (TPSA) is 49.6 Å². The molecule has 4 nitrogen and oxygen atoms in total. The monoisotopic (exact) mass is 293 g/mol. The van der Waals surface area contributed by atoms with E-state index in [4.69, 9.17) is 5.73 Å². The van der Waals surface area contributed by atoms with Gasteiger partial charge in [-0.05, 0) is 35.2 Å². The molecule has 20 heavy (non-hydrogen) atoms. The number of carbonyl (C=O) groups excluding carboxylic acids is 1. The van der Waals surface area contributed by atoms with Gasteiger partial charge in [-0.15, -0.1) is 0 Å². The van der Waals surface area contributed by atoms with Gasteiger partial charge < -0.3 is 10.6 Å². The first kappa shape index (κ1) is 14.0. The van der Waals surface area contributed by atoms with Gasteiger partial charge in [-0.2, -0.15) is 11.3 Å². The van der Waals surface area contributed by atoms with E-state index in [0.717, 1.165) is 52.0 Å². The molecule has 110 valence electrons. The van der Waals surface area contributed by atoms with Crippen molar-refractivity contribution in [3.63, 3.8) is 0 Å². The molecule has 2 aliphatic rings. The molecule has 1 saturated carbocycles. The van der Waals surface area contributed by atoms with Gasteiger partial charge in [-0.3, -0.25) is 9.69 Å². The summed E-state index contributed by atoms with van der Waals surface area (Å²) >= 11 is 1.75. The van der Waals surface area contributed by atoms with Gasteiger partial charge in [0.15, 0.2) is 0 Å². The van der Waals surface area contributed by atoms with Crippen molar-refractivity contribution in [1.29, 1.82) is 0 Å². The van der Waals surface area contributed by atoms with E-state index in [9.17, 15) is 4.79 Å². The number of hydrogen-bond acceptors (Lipinski definition) is 4. The molecule has 1 amide bonds. The number of thiophene rings is 1. The molecule has 1 aliphatic heterocycles. The summed E-state index contributed by atoms with van der Waals surface area (Å²) in [5.74, 6) is 0.378. The Hall–Kier alpha value is -0.910. The fourth-order valence-electron chi connectivity index (χ4n) is 3.30. The van der Waals surface area contributed by atoms with E-state index < -0.39 is 0 Å². The highest BCUT2D eigenvalue weighted by atomic mass is 32.1. The van der Waals surface area contributed by atoms with Crippen molar-refractivity contribution >= 4 is 17.2 Å². The molecule has 3 rings (SSSR count). The van der Waals surface area contributed by atoms with Crippen LogP contribution in [-0.4, -0.2) is 47.9 Å². The smallest absolute Gasteiger partial charge is 0.227 e. The van der Waals surface area contributed by atoms with Gasteiger partial charge in [0.2, 0.25) is 5.91 Å². The van der Waals surface area contributed by atoms with Crippen LogP contribution in [0.1, 0.15) is 24.8 Å². The summed E-state index contributed by atoms with van der Waals surface area (Å²) < 4.78 is 0. The second kappa shape index (κ2) is 6.24. The largest absolute Gasteiger partial charge is 0.340 e. The molecule has 0 spiro atoms. The maximum atomic E-state index is 12.5. The molecule has 2 atom stereocenters. The van der Waals surface area contributed by atoms with Crippen molar-refractivity contribution in [3.8, 4) is 0 Å². The number of hydrogen-bond donors (Lipinski definition) is 1. The Labute approximate surface area is 124 Å².